The molecule has 1 amide bonds. The van der Waals surface area contributed by atoms with E-state index in [2.05, 4.69) is 24.8 Å². The van der Waals surface area contributed by atoms with E-state index in [4.69, 9.17) is 21.3 Å². The minimum absolute atomic E-state index is 0.0146. The third-order valence-corrected chi connectivity index (χ3v) is 9.91. The predicted octanol–water partition coefficient (Wildman–Crippen LogP) is 6.85. The maximum Gasteiger partial charge on any atom is 0.354 e. The maximum absolute atomic E-state index is 15.5. The predicted molar refractivity (Wildman–Crippen MR) is 170 cm³/mol. The molecule has 2 aliphatic carbocycles. The Kier molecular flexibility index (Phi) is 6.53. The smallest absolute Gasteiger partial charge is 0.354 e. The van der Waals surface area contributed by atoms with Crippen molar-refractivity contribution < 1.29 is 18.3 Å². The van der Waals surface area contributed by atoms with E-state index in [1.54, 1.807) is 15.5 Å². The first kappa shape index (κ1) is 28.2. The van der Waals surface area contributed by atoms with Crippen molar-refractivity contribution in [3.63, 3.8) is 0 Å². The highest BCUT2D eigenvalue weighted by Gasteiger charge is 2.37. The normalized spacial score (nSPS) is 19.2. The van der Waals surface area contributed by atoms with Crippen LogP contribution in [0.2, 0.25) is 5.02 Å². The molecule has 2 saturated carbocycles. The summed E-state index contributed by atoms with van der Waals surface area (Å²) in [4.78, 5) is 35.3. The van der Waals surface area contributed by atoms with Crippen LogP contribution in [0.4, 0.5) is 14.6 Å². The van der Waals surface area contributed by atoms with Gasteiger partial charge in [0.25, 0.3) is 0 Å². The SMILES string of the molecule is C=CC(=O)N1CCN(c2nc(=O)n(-c3c(C4CC4)cccc3C3CC3)c3c4c(c(Cl)cc23)-c2c(ccc(F)c2F)CO4)[C@@H](C)C1. The lowest BCUT2D eigenvalue weighted by Crippen LogP contribution is -2.54. The highest BCUT2D eigenvalue weighted by molar-refractivity contribution is 6.35. The lowest BCUT2D eigenvalue weighted by molar-refractivity contribution is -0.126. The molecule has 3 aromatic carbocycles. The Bertz CT molecular complexity index is 1970. The number of para-hydroxylation sites is 1. The van der Waals surface area contributed by atoms with E-state index in [1.165, 1.54) is 12.1 Å². The number of carbonyl (C=O) groups is 1. The molecule has 1 saturated heterocycles. The minimum atomic E-state index is -1.00. The molecule has 3 heterocycles. The van der Waals surface area contributed by atoms with Gasteiger partial charge in [0.15, 0.2) is 17.4 Å². The van der Waals surface area contributed by atoms with Gasteiger partial charge in [-0.1, -0.05) is 42.4 Å². The van der Waals surface area contributed by atoms with Crippen LogP contribution in [0, 0.1) is 11.6 Å². The van der Waals surface area contributed by atoms with E-state index in [9.17, 15) is 14.0 Å². The second-order valence-corrected chi connectivity index (χ2v) is 13.0. The van der Waals surface area contributed by atoms with Crippen LogP contribution in [0.15, 0.2) is 53.8 Å². The molecule has 45 heavy (non-hydrogen) atoms. The van der Waals surface area contributed by atoms with Crippen molar-refractivity contribution in [2.24, 2.45) is 0 Å². The van der Waals surface area contributed by atoms with Crippen molar-refractivity contribution in [1.82, 2.24) is 14.5 Å². The number of rotatable bonds is 5. The lowest BCUT2D eigenvalue weighted by Gasteiger charge is -2.40. The van der Waals surface area contributed by atoms with Crippen molar-refractivity contribution in [2.75, 3.05) is 24.5 Å². The van der Waals surface area contributed by atoms with Gasteiger partial charge in [0.1, 0.15) is 17.9 Å². The van der Waals surface area contributed by atoms with Gasteiger partial charge in [-0.15, -0.1) is 0 Å². The fraction of sp³-hybridized carbons (Fsp3) is 0.343. The molecule has 0 unspecified atom stereocenters. The number of fused-ring (bicyclic) bond motifs is 5. The molecule has 0 spiro atoms. The summed E-state index contributed by atoms with van der Waals surface area (Å²) in [6.45, 7) is 6.84. The number of amides is 1. The van der Waals surface area contributed by atoms with E-state index in [1.807, 2.05) is 11.8 Å². The van der Waals surface area contributed by atoms with Crippen LogP contribution in [-0.4, -0.2) is 46.0 Å². The molecule has 4 aliphatic rings. The largest absolute Gasteiger partial charge is 0.486 e. The molecule has 0 bridgehead atoms. The number of hydrogen-bond donors (Lipinski definition) is 0. The summed E-state index contributed by atoms with van der Waals surface area (Å²) in [7, 11) is 0. The molecule has 0 N–H and O–H groups in total. The van der Waals surface area contributed by atoms with Crippen molar-refractivity contribution in [1.29, 1.82) is 0 Å². The molecule has 10 heteroatoms. The maximum atomic E-state index is 15.5. The molecule has 2 aliphatic heterocycles. The zero-order valence-electron chi connectivity index (χ0n) is 24.8. The van der Waals surface area contributed by atoms with Gasteiger partial charge in [0, 0.05) is 47.8 Å². The molecular weight excluding hydrogens is 598 g/mol. The quantitative estimate of drug-likeness (QED) is 0.226. The van der Waals surface area contributed by atoms with E-state index in [-0.39, 0.29) is 40.5 Å². The highest BCUT2D eigenvalue weighted by atomic mass is 35.5. The van der Waals surface area contributed by atoms with Crippen LogP contribution < -0.4 is 15.3 Å². The number of benzene rings is 3. The standard InChI is InChI=1S/C35H31ClF2N4O3/c1-3-27(43)40-13-14-41(18(2)16-40)34-24-15-25(36)29-28-21(11-12-26(37)30(28)38)17-45-33(29)32(24)42(35(44)39-34)31-22(19-7-8-19)5-4-6-23(31)20-9-10-20/h3-6,11-12,15,18-20H,1,7-10,13-14,16-17H2,2H3/t18-/m0/s1. The summed E-state index contributed by atoms with van der Waals surface area (Å²) in [5, 5.41) is 0.739. The number of piperazine rings is 1. The highest BCUT2D eigenvalue weighted by Crippen LogP contribution is 2.52. The first-order valence-corrected chi connectivity index (χ1v) is 15.8. The second-order valence-electron chi connectivity index (χ2n) is 12.6. The average molecular weight is 629 g/mol. The number of ether oxygens (including phenoxy) is 1. The molecule has 0 radical (unpaired) electrons. The van der Waals surface area contributed by atoms with Crippen LogP contribution in [0.3, 0.4) is 0 Å². The summed E-state index contributed by atoms with van der Waals surface area (Å²) < 4.78 is 38.2. The van der Waals surface area contributed by atoms with Crippen molar-refractivity contribution in [3.8, 4) is 22.6 Å². The minimum Gasteiger partial charge on any atom is -0.486 e. The zero-order chi connectivity index (χ0) is 31.1. The lowest BCUT2D eigenvalue weighted by atomic mass is 9.93. The fourth-order valence-corrected chi connectivity index (χ4v) is 7.41. The fourth-order valence-electron chi connectivity index (χ4n) is 7.12. The first-order chi connectivity index (χ1) is 21.8. The van der Waals surface area contributed by atoms with Gasteiger partial charge in [0.2, 0.25) is 5.91 Å². The summed E-state index contributed by atoms with van der Waals surface area (Å²) in [6.07, 6.45) is 5.42. The summed E-state index contributed by atoms with van der Waals surface area (Å²) in [6, 6.07) is 10.3. The molecule has 8 rings (SSSR count). The molecule has 1 atom stereocenters. The molecule has 4 aromatic rings. The Morgan fingerprint density at radius 3 is 2.42 bits per heavy atom. The van der Waals surface area contributed by atoms with Crippen LogP contribution in [0.25, 0.3) is 27.7 Å². The number of aromatic nitrogens is 2. The summed E-state index contributed by atoms with van der Waals surface area (Å²) in [5.41, 5.74) is 3.67. The van der Waals surface area contributed by atoms with E-state index >= 15 is 4.39 Å². The summed E-state index contributed by atoms with van der Waals surface area (Å²) in [5.74, 6) is -0.843. The van der Waals surface area contributed by atoms with Crippen molar-refractivity contribution in [2.45, 2.75) is 57.1 Å². The monoisotopic (exact) mass is 628 g/mol. The van der Waals surface area contributed by atoms with Gasteiger partial charge in [-0.25, -0.2) is 13.6 Å². The molecule has 3 fully saturated rings. The zero-order valence-corrected chi connectivity index (χ0v) is 25.5. The second kappa shape index (κ2) is 10.4. The van der Waals surface area contributed by atoms with Crippen LogP contribution in [0.1, 0.15) is 61.1 Å². The van der Waals surface area contributed by atoms with Gasteiger partial charge in [-0.3, -0.25) is 9.36 Å². The number of halogens is 3. The average Bonchev–Trinajstić information content (AvgIpc) is 3.96. The van der Waals surface area contributed by atoms with Crippen LogP contribution in [0.5, 0.6) is 5.75 Å². The van der Waals surface area contributed by atoms with Gasteiger partial charge in [0.05, 0.1) is 10.7 Å². The Hall–Kier alpha value is -4.24. The van der Waals surface area contributed by atoms with Crippen LogP contribution >= 0.6 is 11.6 Å². The number of hydrogen-bond acceptors (Lipinski definition) is 5. The molecular formula is C35H31ClF2N4O3. The van der Waals surface area contributed by atoms with Gasteiger partial charge in [-0.2, -0.15) is 4.98 Å². The van der Waals surface area contributed by atoms with E-state index in [0.717, 1.165) is 48.6 Å². The molecule has 230 valence electrons. The van der Waals surface area contributed by atoms with E-state index in [0.29, 0.717) is 53.8 Å². The number of nitrogens with zero attached hydrogens (tertiary/aromatic N) is 4. The number of anilines is 1. The van der Waals surface area contributed by atoms with Gasteiger partial charge >= 0.3 is 5.69 Å². The van der Waals surface area contributed by atoms with Gasteiger partial charge < -0.3 is 14.5 Å². The third kappa shape index (κ3) is 4.46. The van der Waals surface area contributed by atoms with Crippen LogP contribution in [-0.2, 0) is 11.4 Å². The molecule has 7 nitrogen and oxygen atoms in total. The summed E-state index contributed by atoms with van der Waals surface area (Å²) >= 11 is 6.96. The van der Waals surface area contributed by atoms with Crippen molar-refractivity contribution in [3.05, 3.63) is 92.9 Å². The Morgan fingerprint density at radius 1 is 1.07 bits per heavy atom. The number of carbonyl (C=O) groups excluding carboxylic acids is 1. The Balaban J connectivity index is 1.44. The first-order valence-electron chi connectivity index (χ1n) is 15.5. The Labute approximate surface area is 263 Å². The topological polar surface area (TPSA) is 67.7 Å². The molecule has 1 aromatic heterocycles. The Morgan fingerprint density at radius 2 is 1.78 bits per heavy atom. The third-order valence-electron chi connectivity index (χ3n) is 9.61. The van der Waals surface area contributed by atoms with Crippen molar-refractivity contribution >= 4 is 34.2 Å². The van der Waals surface area contributed by atoms with Gasteiger partial charge in [-0.05, 0) is 73.8 Å². The van der Waals surface area contributed by atoms with E-state index < -0.39 is 17.3 Å².